The van der Waals surface area contributed by atoms with Crippen LogP contribution in [0.15, 0.2) is 35.5 Å². The van der Waals surface area contributed by atoms with Crippen LogP contribution in [0.5, 0.6) is 0 Å². The van der Waals surface area contributed by atoms with Crippen LogP contribution in [0, 0.1) is 11.8 Å². The van der Waals surface area contributed by atoms with Gasteiger partial charge in [0.05, 0.1) is 11.4 Å². The summed E-state index contributed by atoms with van der Waals surface area (Å²) >= 11 is 1.39. The maximum Gasteiger partial charge on any atom is 0.233 e. The van der Waals surface area contributed by atoms with Crippen molar-refractivity contribution in [2.24, 2.45) is 11.8 Å². The third-order valence-electron chi connectivity index (χ3n) is 4.07. The number of rotatable bonds is 10. The SMILES string of the molecule is CC(C)CCN(CCC(C)C)C(=O)CSc1nnnn1-c1ccccc1. The van der Waals surface area contributed by atoms with Gasteiger partial charge in [0.25, 0.3) is 0 Å². The van der Waals surface area contributed by atoms with Gasteiger partial charge in [-0.25, -0.2) is 0 Å². The van der Waals surface area contributed by atoms with E-state index in [2.05, 4.69) is 43.2 Å². The molecule has 1 aromatic heterocycles. The van der Waals surface area contributed by atoms with Crippen LogP contribution in [0.2, 0.25) is 0 Å². The molecule has 2 aromatic rings. The van der Waals surface area contributed by atoms with E-state index in [0.29, 0.717) is 22.7 Å². The van der Waals surface area contributed by atoms with Gasteiger partial charge in [-0.05, 0) is 47.2 Å². The average molecular weight is 376 g/mol. The van der Waals surface area contributed by atoms with Gasteiger partial charge >= 0.3 is 0 Å². The summed E-state index contributed by atoms with van der Waals surface area (Å²) in [6, 6.07) is 9.72. The largest absolute Gasteiger partial charge is 0.342 e. The number of benzene rings is 1. The predicted octanol–water partition coefficient (Wildman–Crippen LogP) is 3.68. The average Bonchev–Trinajstić information content (AvgIpc) is 3.08. The molecule has 1 amide bonds. The molecule has 0 saturated heterocycles. The van der Waals surface area contributed by atoms with Crippen LogP contribution in [0.25, 0.3) is 5.69 Å². The molecule has 0 unspecified atom stereocenters. The van der Waals surface area contributed by atoms with Gasteiger partial charge in [0.15, 0.2) is 0 Å². The number of carbonyl (C=O) groups is 1. The number of para-hydroxylation sites is 1. The second-order valence-corrected chi connectivity index (χ2v) is 8.19. The van der Waals surface area contributed by atoms with Crippen molar-refractivity contribution in [1.82, 2.24) is 25.1 Å². The van der Waals surface area contributed by atoms with E-state index >= 15 is 0 Å². The lowest BCUT2D eigenvalue weighted by atomic mass is 10.1. The molecule has 26 heavy (non-hydrogen) atoms. The van der Waals surface area contributed by atoms with Crippen molar-refractivity contribution in [1.29, 1.82) is 0 Å². The number of aromatic nitrogens is 4. The van der Waals surface area contributed by atoms with Crippen molar-refractivity contribution in [2.75, 3.05) is 18.8 Å². The molecule has 0 saturated carbocycles. The molecule has 0 spiro atoms. The first-order valence-corrected chi connectivity index (χ1v) is 10.2. The van der Waals surface area contributed by atoms with E-state index in [0.717, 1.165) is 31.6 Å². The number of hydrogen-bond donors (Lipinski definition) is 0. The van der Waals surface area contributed by atoms with Gasteiger partial charge in [0.1, 0.15) is 0 Å². The summed E-state index contributed by atoms with van der Waals surface area (Å²) in [5, 5.41) is 12.5. The molecule has 2 rings (SSSR count). The zero-order valence-electron chi connectivity index (χ0n) is 16.1. The molecule has 1 heterocycles. The summed E-state index contributed by atoms with van der Waals surface area (Å²) in [6.07, 6.45) is 2.05. The molecule has 0 bridgehead atoms. The smallest absolute Gasteiger partial charge is 0.233 e. The molecule has 0 aliphatic heterocycles. The van der Waals surface area contributed by atoms with Crippen molar-refractivity contribution >= 4 is 17.7 Å². The van der Waals surface area contributed by atoms with Crippen LogP contribution in [-0.4, -0.2) is 49.9 Å². The van der Waals surface area contributed by atoms with Gasteiger partial charge in [-0.3, -0.25) is 4.79 Å². The van der Waals surface area contributed by atoms with Gasteiger partial charge in [0, 0.05) is 13.1 Å². The van der Waals surface area contributed by atoms with Crippen LogP contribution in [0.3, 0.4) is 0 Å². The lowest BCUT2D eigenvalue weighted by Crippen LogP contribution is -2.35. The maximum absolute atomic E-state index is 12.7. The van der Waals surface area contributed by atoms with E-state index in [4.69, 9.17) is 0 Å². The summed E-state index contributed by atoms with van der Waals surface area (Å²) < 4.78 is 1.67. The summed E-state index contributed by atoms with van der Waals surface area (Å²) in [6.45, 7) is 10.4. The highest BCUT2D eigenvalue weighted by Crippen LogP contribution is 2.19. The standard InChI is InChI=1S/C19H29N5OS/c1-15(2)10-12-23(13-11-16(3)4)18(25)14-26-19-20-21-22-24(19)17-8-6-5-7-9-17/h5-9,15-16H,10-14H2,1-4H3. The molecule has 0 aliphatic carbocycles. The minimum absolute atomic E-state index is 0.152. The van der Waals surface area contributed by atoms with Crippen molar-refractivity contribution < 1.29 is 4.79 Å². The third-order valence-corrected chi connectivity index (χ3v) is 4.98. The monoisotopic (exact) mass is 375 g/mol. The molecule has 6 nitrogen and oxygen atoms in total. The van der Waals surface area contributed by atoms with Gasteiger partial charge in [-0.1, -0.05) is 57.7 Å². The highest BCUT2D eigenvalue weighted by Gasteiger charge is 2.17. The fourth-order valence-electron chi connectivity index (χ4n) is 2.41. The maximum atomic E-state index is 12.7. The fourth-order valence-corrected chi connectivity index (χ4v) is 3.20. The van der Waals surface area contributed by atoms with Crippen LogP contribution in [-0.2, 0) is 4.79 Å². The number of thioether (sulfide) groups is 1. The van der Waals surface area contributed by atoms with Crippen LogP contribution < -0.4 is 0 Å². The Kier molecular flexibility index (Phi) is 8.09. The zero-order chi connectivity index (χ0) is 18.9. The first kappa shape index (κ1) is 20.4. The van der Waals surface area contributed by atoms with Crippen molar-refractivity contribution in [3.63, 3.8) is 0 Å². The molecule has 0 radical (unpaired) electrons. The lowest BCUT2D eigenvalue weighted by Gasteiger charge is -2.24. The summed E-state index contributed by atoms with van der Waals surface area (Å²) in [5.74, 6) is 1.67. The third kappa shape index (κ3) is 6.44. The van der Waals surface area contributed by atoms with Gasteiger partial charge in [0.2, 0.25) is 11.1 Å². The van der Waals surface area contributed by atoms with E-state index in [9.17, 15) is 4.79 Å². The number of amides is 1. The fraction of sp³-hybridized carbons (Fsp3) is 0.579. The molecule has 0 N–H and O–H groups in total. The number of tetrazole rings is 1. The second kappa shape index (κ2) is 10.3. The van der Waals surface area contributed by atoms with Crippen LogP contribution >= 0.6 is 11.8 Å². The number of hydrogen-bond acceptors (Lipinski definition) is 5. The lowest BCUT2D eigenvalue weighted by molar-refractivity contribution is -0.128. The Labute approximate surface area is 160 Å². The van der Waals surface area contributed by atoms with Gasteiger partial charge in [-0.2, -0.15) is 4.68 Å². The van der Waals surface area contributed by atoms with E-state index in [-0.39, 0.29) is 5.91 Å². The molecule has 0 fully saturated rings. The van der Waals surface area contributed by atoms with E-state index < -0.39 is 0 Å². The molecule has 0 atom stereocenters. The quantitative estimate of drug-likeness (QED) is 0.593. The molecule has 1 aromatic carbocycles. The summed E-state index contributed by atoms with van der Waals surface area (Å²) in [4.78, 5) is 14.7. The Hall–Kier alpha value is -1.89. The van der Waals surface area contributed by atoms with Crippen LogP contribution in [0.4, 0.5) is 0 Å². The molecular formula is C19H29N5OS. The summed E-state index contributed by atoms with van der Waals surface area (Å²) in [7, 11) is 0. The van der Waals surface area contributed by atoms with E-state index in [1.165, 1.54) is 11.8 Å². The number of carbonyl (C=O) groups excluding carboxylic acids is 1. The number of nitrogens with zero attached hydrogens (tertiary/aromatic N) is 5. The topological polar surface area (TPSA) is 63.9 Å². The Morgan fingerprint density at radius 3 is 2.27 bits per heavy atom. The Morgan fingerprint density at radius 1 is 1.08 bits per heavy atom. The minimum Gasteiger partial charge on any atom is -0.342 e. The second-order valence-electron chi connectivity index (χ2n) is 7.24. The molecule has 0 aliphatic rings. The van der Waals surface area contributed by atoms with Gasteiger partial charge < -0.3 is 4.90 Å². The van der Waals surface area contributed by atoms with Crippen LogP contribution in [0.1, 0.15) is 40.5 Å². The Balaban J connectivity index is 1.97. The zero-order valence-corrected chi connectivity index (χ0v) is 16.9. The first-order chi connectivity index (χ1) is 12.5. The summed E-state index contributed by atoms with van der Waals surface area (Å²) in [5.41, 5.74) is 0.893. The van der Waals surface area contributed by atoms with Crippen molar-refractivity contribution in [2.45, 2.75) is 45.7 Å². The molecule has 142 valence electrons. The highest BCUT2D eigenvalue weighted by atomic mass is 32.2. The Morgan fingerprint density at radius 2 is 1.69 bits per heavy atom. The molecular weight excluding hydrogens is 346 g/mol. The van der Waals surface area contributed by atoms with Crippen molar-refractivity contribution in [3.05, 3.63) is 30.3 Å². The molecule has 7 heteroatoms. The highest BCUT2D eigenvalue weighted by molar-refractivity contribution is 7.99. The normalized spacial score (nSPS) is 11.3. The predicted molar refractivity (Wildman–Crippen MR) is 105 cm³/mol. The first-order valence-electron chi connectivity index (χ1n) is 9.21. The minimum atomic E-state index is 0.152. The van der Waals surface area contributed by atoms with E-state index in [1.54, 1.807) is 4.68 Å². The van der Waals surface area contributed by atoms with E-state index in [1.807, 2.05) is 35.2 Å². The van der Waals surface area contributed by atoms with Crippen molar-refractivity contribution in [3.8, 4) is 5.69 Å². The van der Waals surface area contributed by atoms with Gasteiger partial charge in [-0.15, -0.1) is 5.10 Å². The Bertz CT molecular complexity index is 660.